The molecule has 2 aromatic heterocycles. The quantitative estimate of drug-likeness (QED) is 0.710. The SMILES string of the molecule is Cc1ccnc(Sc2nc3ccccc3o2)c1C#N. The van der Waals surface area contributed by atoms with Gasteiger partial charge in [-0.1, -0.05) is 12.1 Å². The molecule has 0 aliphatic carbocycles. The Morgan fingerprint density at radius 1 is 1.26 bits per heavy atom. The molecule has 5 heteroatoms. The number of aryl methyl sites for hydroxylation is 1. The Labute approximate surface area is 114 Å². The van der Waals surface area contributed by atoms with Crippen LogP contribution in [-0.2, 0) is 0 Å². The van der Waals surface area contributed by atoms with Crippen molar-refractivity contribution in [1.29, 1.82) is 5.26 Å². The molecule has 3 rings (SSSR count). The standard InChI is InChI=1S/C14H9N3OS/c1-9-6-7-16-13(10(9)8-15)19-14-17-11-4-2-3-5-12(11)18-14/h2-7H,1H3. The monoisotopic (exact) mass is 267 g/mol. The molecule has 0 aliphatic rings. The Bertz CT molecular complexity index is 756. The molecular formula is C14H9N3OS. The van der Waals surface area contributed by atoms with Crippen LogP contribution >= 0.6 is 11.8 Å². The van der Waals surface area contributed by atoms with Crippen LogP contribution in [0.2, 0.25) is 0 Å². The first-order valence-corrected chi connectivity index (χ1v) is 6.48. The third-order valence-electron chi connectivity index (χ3n) is 2.69. The predicted octanol–water partition coefficient (Wildman–Crippen LogP) is 3.55. The van der Waals surface area contributed by atoms with Crippen molar-refractivity contribution >= 4 is 22.9 Å². The van der Waals surface area contributed by atoms with E-state index >= 15 is 0 Å². The molecule has 0 saturated heterocycles. The van der Waals surface area contributed by atoms with Crippen molar-refractivity contribution in [3.05, 3.63) is 47.7 Å². The molecule has 0 fully saturated rings. The lowest BCUT2D eigenvalue weighted by Crippen LogP contribution is -1.89. The first-order chi connectivity index (χ1) is 9.28. The largest absolute Gasteiger partial charge is 0.431 e. The van der Waals surface area contributed by atoms with Gasteiger partial charge in [0, 0.05) is 6.20 Å². The molecule has 0 unspecified atom stereocenters. The van der Waals surface area contributed by atoms with Gasteiger partial charge >= 0.3 is 0 Å². The minimum absolute atomic E-state index is 0.496. The Hall–Kier alpha value is -2.32. The zero-order valence-electron chi connectivity index (χ0n) is 10.1. The highest BCUT2D eigenvalue weighted by molar-refractivity contribution is 7.99. The van der Waals surface area contributed by atoms with Gasteiger partial charge in [0.05, 0.1) is 5.56 Å². The maximum Gasteiger partial charge on any atom is 0.263 e. The van der Waals surface area contributed by atoms with Crippen LogP contribution in [-0.4, -0.2) is 9.97 Å². The lowest BCUT2D eigenvalue weighted by molar-refractivity contribution is 0.489. The zero-order valence-corrected chi connectivity index (χ0v) is 10.9. The number of aromatic nitrogens is 2. The van der Waals surface area contributed by atoms with E-state index in [1.807, 2.05) is 37.3 Å². The zero-order chi connectivity index (χ0) is 13.2. The molecule has 0 atom stereocenters. The van der Waals surface area contributed by atoms with Crippen molar-refractivity contribution in [2.24, 2.45) is 0 Å². The van der Waals surface area contributed by atoms with E-state index in [4.69, 9.17) is 9.68 Å². The van der Waals surface area contributed by atoms with E-state index in [1.54, 1.807) is 6.20 Å². The fourth-order valence-corrected chi connectivity index (χ4v) is 2.59. The number of benzene rings is 1. The maximum atomic E-state index is 9.16. The highest BCUT2D eigenvalue weighted by atomic mass is 32.2. The number of hydrogen-bond donors (Lipinski definition) is 0. The second kappa shape index (κ2) is 4.75. The van der Waals surface area contributed by atoms with Crippen molar-refractivity contribution in [1.82, 2.24) is 9.97 Å². The number of oxazole rings is 1. The van der Waals surface area contributed by atoms with Crippen molar-refractivity contribution in [3.8, 4) is 6.07 Å². The van der Waals surface area contributed by atoms with Gasteiger partial charge in [0.15, 0.2) is 5.58 Å². The third-order valence-corrected chi connectivity index (χ3v) is 3.55. The molecule has 0 N–H and O–H groups in total. The van der Waals surface area contributed by atoms with Gasteiger partial charge in [0.1, 0.15) is 16.6 Å². The average molecular weight is 267 g/mol. The van der Waals surface area contributed by atoms with Crippen LogP contribution in [0.15, 0.2) is 51.2 Å². The molecule has 0 spiro atoms. The molecule has 0 amide bonds. The molecule has 4 nitrogen and oxygen atoms in total. The number of nitriles is 1. The van der Waals surface area contributed by atoms with Gasteiger partial charge in [-0.05, 0) is 42.4 Å². The topological polar surface area (TPSA) is 62.7 Å². The number of pyridine rings is 1. The van der Waals surface area contributed by atoms with E-state index in [2.05, 4.69) is 16.0 Å². The van der Waals surface area contributed by atoms with Crippen molar-refractivity contribution < 1.29 is 4.42 Å². The summed E-state index contributed by atoms with van der Waals surface area (Å²) in [6.45, 7) is 1.89. The Morgan fingerprint density at radius 3 is 2.89 bits per heavy atom. The van der Waals surface area contributed by atoms with Gasteiger partial charge in [0.2, 0.25) is 0 Å². The van der Waals surface area contributed by atoms with Gasteiger partial charge in [-0.15, -0.1) is 0 Å². The minimum atomic E-state index is 0.496. The molecule has 1 aromatic carbocycles. The fraction of sp³-hybridized carbons (Fsp3) is 0.0714. The Morgan fingerprint density at radius 2 is 2.11 bits per heavy atom. The summed E-state index contributed by atoms with van der Waals surface area (Å²) in [6, 6.07) is 11.5. The van der Waals surface area contributed by atoms with Crippen LogP contribution in [0.3, 0.4) is 0 Å². The molecule has 0 aliphatic heterocycles. The molecular weight excluding hydrogens is 258 g/mol. The maximum absolute atomic E-state index is 9.16. The normalized spacial score (nSPS) is 10.5. The van der Waals surface area contributed by atoms with E-state index in [0.717, 1.165) is 16.7 Å². The number of rotatable bonds is 2. The summed E-state index contributed by atoms with van der Waals surface area (Å²) in [7, 11) is 0. The molecule has 0 saturated carbocycles. The summed E-state index contributed by atoms with van der Waals surface area (Å²) in [5.74, 6) is 0. The first-order valence-electron chi connectivity index (χ1n) is 5.67. The third kappa shape index (κ3) is 2.18. The smallest absolute Gasteiger partial charge is 0.263 e. The summed E-state index contributed by atoms with van der Waals surface area (Å²) < 4.78 is 5.61. The Kier molecular flexibility index (Phi) is 2.94. The Balaban J connectivity index is 2.02. The van der Waals surface area contributed by atoms with E-state index in [0.29, 0.717) is 15.8 Å². The summed E-state index contributed by atoms with van der Waals surface area (Å²) in [4.78, 5) is 8.58. The number of nitrogens with zero attached hydrogens (tertiary/aromatic N) is 3. The molecule has 0 bridgehead atoms. The molecule has 3 aromatic rings. The lowest BCUT2D eigenvalue weighted by Gasteiger charge is -2.01. The van der Waals surface area contributed by atoms with Crippen LogP contribution in [0, 0.1) is 18.3 Å². The van der Waals surface area contributed by atoms with Crippen molar-refractivity contribution in [2.45, 2.75) is 17.2 Å². The fourth-order valence-electron chi connectivity index (χ4n) is 1.72. The number of fused-ring (bicyclic) bond motifs is 1. The van der Waals surface area contributed by atoms with Crippen LogP contribution < -0.4 is 0 Å². The average Bonchev–Trinajstić information content (AvgIpc) is 2.81. The van der Waals surface area contributed by atoms with Gasteiger partial charge in [-0.2, -0.15) is 5.26 Å². The van der Waals surface area contributed by atoms with E-state index < -0.39 is 0 Å². The second-order valence-corrected chi connectivity index (χ2v) is 4.91. The van der Waals surface area contributed by atoms with Crippen molar-refractivity contribution in [2.75, 3.05) is 0 Å². The highest BCUT2D eigenvalue weighted by Gasteiger charge is 2.12. The highest BCUT2D eigenvalue weighted by Crippen LogP contribution is 2.31. The number of para-hydroxylation sites is 2. The van der Waals surface area contributed by atoms with Crippen LogP contribution in [0.5, 0.6) is 0 Å². The van der Waals surface area contributed by atoms with Gasteiger partial charge in [-0.3, -0.25) is 0 Å². The molecule has 92 valence electrons. The molecule has 19 heavy (non-hydrogen) atoms. The molecule has 0 radical (unpaired) electrons. The van der Waals surface area contributed by atoms with Crippen LogP contribution in [0.1, 0.15) is 11.1 Å². The summed E-state index contributed by atoms with van der Waals surface area (Å²) >= 11 is 1.27. The predicted molar refractivity (Wildman–Crippen MR) is 71.8 cm³/mol. The van der Waals surface area contributed by atoms with Gasteiger partial charge < -0.3 is 4.42 Å². The van der Waals surface area contributed by atoms with Gasteiger partial charge in [0.25, 0.3) is 5.22 Å². The number of hydrogen-bond acceptors (Lipinski definition) is 5. The summed E-state index contributed by atoms with van der Waals surface area (Å²) in [5.41, 5.74) is 3.00. The van der Waals surface area contributed by atoms with Crippen molar-refractivity contribution in [3.63, 3.8) is 0 Å². The molecule has 2 heterocycles. The van der Waals surface area contributed by atoms with E-state index in [1.165, 1.54) is 11.8 Å². The minimum Gasteiger partial charge on any atom is -0.431 e. The van der Waals surface area contributed by atoms with Crippen LogP contribution in [0.4, 0.5) is 0 Å². The summed E-state index contributed by atoms with van der Waals surface area (Å²) in [5, 5.41) is 10.3. The summed E-state index contributed by atoms with van der Waals surface area (Å²) in [6.07, 6.45) is 1.68. The van der Waals surface area contributed by atoms with Crippen LogP contribution in [0.25, 0.3) is 11.1 Å². The first kappa shape index (κ1) is 11.8. The second-order valence-electron chi connectivity index (χ2n) is 3.97. The van der Waals surface area contributed by atoms with E-state index in [9.17, 15) is 0 Å². The lowest BCUT2D eigenvalue weighted by atomic mass is 10.2. The van der Waals surface area contributed by atoms with E-state index in [-0.39, 0.29) is 0 Å². The van der Waals surface area contributed by atoms with Gasteiger partial charge in [-0.25, -0.2) is 9.97 Å².